The van der Waals surface area contributed by atoms with Gasteiger partial charge >= 0.3 is 0 Å². The van der Waals surface area contributed by atoms with Crippen molar-refractivity contribution in [1.82, 2.24) is 14.9 Å². The zero-order chi connectivity index (χ0) is 15.4. The molecule has 0 saturated heterocycles. The summed E-state index contributed by atoms with van der Waals surface area (Å²) in [4.78, 5) is 23.3. The summed E-state index contributed by atoms with van der Waals surface area (Å²) in [6.45, 7) is 1.50. The lowest BCUT2D eigenvalue weighted by molar-refractivity contribution is -0.113. The summed E-state index contributed by atoms with van der Waals surface area (Å²) >= 11 is 0.991. The fourth-order valence-electron chi connectivity index (χ4n) is 1.48. The van der Waals surface area contributed by atoms with E-state index in [1.165, 1.54) is 19.1 Å². The maximum absolute atomic E-state index is 11.8. The number of aromatic nitrogens is 3. The van der Waals surface area contributed by atoms with Crippen LogP contribution in [0.3, 0.4) is 0 Å². The van der Waals surface area contributed by atoms with Gasteiger partial charge in [-0.2, -0.15) is 4.68 Å². The molecule has 1 aromatic heterocycles. The molecule has 0 saturated carbocycles. The van der Waals surface area contributed by atoms with Crippen LogP contribution in [0.5, 0.6) is 5.75 Å². The molecule has 0 aliphatic rings. The molecule has 0 fully saturated rings. The molecule has 21 heavy (non-hydrogen) atoms. The molecule has 0 spiro atoms. The summed E-state index contributed by atoms with van der Waals surface area (Å²) in [5.41, 5.74) is 0.202. The first-order valence-electron chi connectivity index (χ1n) is 5.90. The van der Waals surface area contributed by atoms with Gasteiger partial charge in [-0.1, -0.05) is 17.8 Å². The van der Waals surface area contributed by atoms with Crippen molar-refractivity contribution >= 4 is 23.4 Å². The lowest BCUT2D eigenvalue weighted by Crippen LogP contribution is -2.32. The first-order chi connectivity index (χ1) is 9.97. The molecule has 9 heteroatoms. The minimum atomic E-state index is -0.458. The topological polar surface area (TPSA) is 123 Å². The monoisotopic (exact) mass is 307 g/mol. The number of thioether (sulfide) groups is 1. The number of carbonyl (C=O) groups is 1. The maximum atomic E-state index is 11.8. The number of phenolic OH excluding ortho intramolecular Hbond substituents is 1. The molecule has 2 rings (SSSR count). The lowest BCUT2D eigenvalue weighted by Gasteiger charge is -2.07. The van der Waals surface area contributed by atoms with Crippen LogP contribution in [0.2, 0.25) is 0 Å². The number of rotatable bonds is 4. The Morgan fingerprint density at radius 1 is 1.48 bits per heavy atom. The fraction of sp³-hybridized carbons (Fsp3) is 0.167. The van der Waals surface area contributed by atoms with Crippen molar-refractivity contribution in [2.75, 3.05) is 16.9 Å². The number of carbonyl (C=O) groups excluding carboxylic acids is 1. The molecule has 4 N–H and O–H groups in total. The van der Waals surface area contributed by atoms with E-state index in [0.29, 0.717) is 5.69 Å². The predicted octanol–water partition coefficient (Wildman–Crippen LogP) is 0.0969. The third kappa shape index (κ3) is 3.72. The van der Waals surface area contributed by atoms with Gasteiger partial charge in [0.25, 0.3) is 5.56 Å². The second-order valence-corrected chi connectivity index (χ2v) is 5.07. The smallest absolute Gasteiger partial charge is 0.294 e. The van der Waals surface area contributed by atoms with Gasteiger partial charge in [-0.15, -0.1) is 10.2 Å². The third-order valence-corrected chi connectivity index (χ3v) is 3.43. The van der Waals surface area contributed by atoms with Gasteiger partial charge < -0.3 is 16.3 Å². The highest BCUT2D eigenvalue weighted by atomic mass is 32.2. The minimum absolute atomic E-state index is 0.00401. The largest absolute Gasteiger partial charge is 0.508 e. The molecule has 0 radical (unpaired) electrons. The number of aromatic hydroxyl groups is 1. The number of anilines is 1. The van der Waals surface area contributed by atoms with Crippen LogP contribution in [0.25, 0.3) is 0 Å². The van der Waals surface area contributed by atoms with E-state index in [-0.39, 0.29) is 28.3 Å². The zero-order valence-electron chi connectivity index (χ0n) is 11.1. The van der Waals surface area contributed by atoms with Gasteiger partial charge in [-0.05, 0) is 19.1 Å². The molecule has 0 aliphatic heterocycles. The number of benzene rings is 1. The average molecular weight is 307 g/mol. The van der Waals surface area contributed by atoms with Gasteiger partial charge in [0.1, 0.15) is 11.4 Å². The standard InChI is InChI=1S/C12H13N5O3S/c1-7-11(20)17(13)12(16-15-7)21-6-10(19)14-8-3-2-4-9(18)5-8/h2-5,18H,6,13H2,1H3,(H,14,19). The first-order valence-corrected chi connectivity index (χ1v) is 6.89. The number of hydrogen-bond acceptors (Lipinski definition) is 7. The highest BCUT2D eigenvalue weighted by molar-refractivity contribution is 7.99. The van der Waals surface area contributed by atoms with E-state index < -0.39 is 5.56 Å². The number of aryl methyl sites for hydroxylation is 1. The number of amides is 1. The van der Waals surface area contributed by atoms with E-state index in [0.717, 1.165) is 16.4 Å². The lowest BCUT2D eigenvalue weighted by atomic mass is 10.3. The van der Waals surface area contributed by atoms with Crippen LogP contribution in [0.1, 0.15) is 5.69 Å². The molecule has 8 nitrogen and oxygen atoms in total. The molecular weight excluding hydrogens is 294 g/mol. The van der Waals surface area contributed by atoms with Crippen molar-refractivity contribution in [2.45, 2.75) is 12.1 Å². The Balaban J connectivity index is 1.99. The molecule has 1 heterocycles. The van der Waals surface area contributed by atoms with E-state index in [2.05, 4.69) is 15.5 Å². The molecule has 0 unspecified atom stereocenters. The number of phenols is 1. The van der Waals surface area contributed by atoms with Gasteiger partial charge in [0.15, 0.2) is 0 Å². The van der Waals surface area contributed by atoms with Crippen LogP contribution in [0, 0.1) is 6.92 Å². The Hall–Kier alpha value is -2.55. The molecule has 0 aliphatic carbocycles. The average Bonchev–Trinajstić information content (AvgIpc) is 2.44. The Morgan fingerprint density at radius 3 is 2.95 bits per heavy atom. The summed E-state index contributed by atoms with van der Waals surface area (Å²) in [5, 5.41) is 19.5. The zero-order valence-corrected chi connectivity index (χ0v) is 11.9. The Bertz CT molecular complexity index is 731. The van der Waals surface area contributed by atoms with E-state index >= 15 is 0 Å². The van der Waals surface area contributed by atoms with Crippen molar-refractivity contribution in [3.63, 3.8) is 0 Å². The van der Waals surface area contributed by atoms with Crippen molar-refractivity contribution in [3.05, 3.63) is 40.3 Å². The van der Waals surface area contributed by atoms with Crippen molar-refractivity contribution in [2.24, 2.45) is 0 Å². The van der Waals surface area contributed by atoms with E-state index in [1.807, 2.05) is 0 Å². The van der Waals surface area contributed by atoms with Gasteiger partial charge in [0.2, 0.25) is 11.1 Å². The number of hydrogen-bond donors (Lipinski definition) is 3. The number of nitrogen functional groups attached to an aromatic ring is 1. The van der Waals surface area contributed by atoms with Gasteiger partial charge in [-0.25, -0.2) is 0 Å². The number of nitrogens with one attached hydrogen (secondary N) is 1. The van der Waals surface area contributed by atoms with Crippen LogP contribution >= 0.6 is 11.8 Å². The molecule has 1 aromatic carbocycles. The Morgan fingerprint density at radius 2 is 2.24 bits per heavy atom. The van der Waals surface area contributed by atoms with Crippen LogP contribution in [0.4, 0.5) is 5.69 Å². The summed E-state index contributed by atoms with van der Waals surface area (Å²) in [5.74, 6) is 5.30. The van der Waals surface area contributed by atoms with Gasteiger partial charge in [0.05, 0.1) is 5.75 Å². The Kier molecular flexibility index (Phi) is 4.43. The van der Waals surface area contributed by atoms with Crippen LogP contribution in [0.15, 0.2) is 34.2 Å². The van der Waals surface area contributed by atoms with Crippen LogP contribution in [-0.4, -0.2) is 31.6 Å². The van der Waals surface area contributed by atoms with Gasteiger partial charge in [0, 0.05) is 11.8 Å². The second kappa shape index (κ2) is 6.27. The molecule has 0 atom stereocenters. The molecule has 110 valence electrons. The maximum Gasteiger partial charge on any atom is 0.294 e. The number of nitrogens with two attached hydrogens (primary N) is 1. The fourth-order valence-corrected chi connectivity index (χ4v) is 2.13. The van der Waals surface area contributed by atoms with E-state index in [1.54, 1.807) is 12.1 Å². The molecular formula is C12H13N5O3S. The van der Waals surface area contributed by atoms with Gasteiger partial charge in [-0.3, -0.25) is 9.59 Å². The SMILES string of the molecule is Cc1nnc(SCC(=O)Nc2cccc(O)c2)n(N)c1=O. The minimum Gasteiger partial charge on any atom is -0.508 e. The van der Waals surface area contributed by atoms with E-state index in [9.17, 15) is 14.7 Å². The summed E-state index contributed by atoms with van der Waals surface area (Å²) < 4.78 is 0.856. The first kappa shape index (κ1) is 14.9. The molecule has 1 amide bonds. The third-order valence-electron chi connectivity index (χ3n) is 2.48. The van der Waals surface area contributed by atoms with E-state index in [4.69, 9.17) is 5.84 Å². The molecule has 2 aromatic rings. The van der Waals surface area contributed by atoms with Crippen molar-refractivity contribution < 1.29 is 9.90 Å². The van der Waals surface area contributed by atoms with Crippen LogP contribution < -0.4 is 16.7 Å². The second-order valence-electron chi connectivity index (χ2n) is 4.13. The Labute approximate surface area is 124 Å². The number of nitrogens with zero attached hydrogens (tertiary/aromatic N) is 3. The highest BCUT2D eigenvalue weighted by Crippen LogP contribution is 2.16. The predicted molar refractivity (Wildman–Crippen MR) is 78.6 cm³/mol. The summed E-state index contributed by atoms with van der Waals surface area (Å²) in [7, 11) is 0. The quantitative estimate of drug-likeness (QED) is 0.540. The molecule has 0 bridgehead atoms. The summed E-state index contributed by atoms with van der Waals surface area (Å²) in [6, 6.07) is 6.18. The van der Waals surface area contributed by atoms with Crippen LogP contribution in [-0.2, 0) is 4.79 Å². The van der Waals surface area contributed by atoms with Crippen molar-refractivity contribution in [1.29, 1.82) is 0 Å². The normalized spacial score (nSPS) is 10.3. The summed E-state index contributed by atoms with van der Waals surface area (Å²) in [6.07, 6.45) is 0. The highest BCUT2D eigenvalue weighted by Gasteiger charge is 2.10. The van der Waals surface area contributed by atoms with Crippen molar-refractivity contribution in [3.8, 4) is 5.75 Å².